The summed E-state index contributed by atoms with van der Waals surface area (Å²) in [6.45, 7) is 6.93. The fraction of sp³-hybridized carbons (Fsp3) is 0.857. The first-order chi connectivity index (χ1) is 11.8. The van der Waals surface area contributed by atoms with Crippen molar-refractivity contribution in [1.82, 2.24) is 5.16 Å². The Hall–Kier alpha value is -0.870. The Morgan fingerprint density at radius 2 is 1.80 bits per heavy atom. The lowest BCUT2D eigenvalue weighted by molar-refractivity contribution is -0.143. The Morgan fingerprint density at radius 3 is 2.64 bits per heavy atom. The summed E-state index contributed by atoms with van der Waals surface area (Å²) in [5.41, 5.74) is 1.05. The van der Waals surface area contributed by atoms with E-state index in [1.807, 2.05) is 6.20 Å². The average Bonchev–Trinajstić information content (AvgIpc) is 3.03. The third kappa shape index (κ3) is 1.49. The molecule has 1 aliphatic heterocycles. The second-order valence-corrected chi connectivity index (χ2v) is 10.4. The maximum Gasteiger partial charge on any atom is 0.171 e. The SMILES string of the molecule is CC12CCC3C(CC[C@@]45OC4c4oncc4CC35C)C1CC[C@]2(C)O. The molecule has 4 aliphatic carbocycles. The van der Waals surface area contributed by atoms with Crippen LogP contribution in [-0.4, -0.2) is 21.5 Å². The molecule has 6 unspecified atom stereocenters. The second kappa shape index (κ2) is 4.17. The summed E-state index contributed by atoms with van der Waals surface area (Å²) in [7, 11) is 0. The van der Waals surface area contributed by atoms with Crippen LogP contribution in [0.2, 0.25) is 0 Å². The summed E-state index contributed by atoms with van der Waals surface area (Å²) in [6.07, 6.45) is 10.0. The van der Waals surface area contributed by atoms with Crippen molar-refractivity contribution < 1.29 is 14.4 Å². The fourth-order valence-electron chi connectivity index (χ4n) is 8.07. The van der Waals surface area contributed by atoms with E-state index in [0.29, 0.717) is 11.8 Å². The Balaban J connectivity index is 1.42. The van der Waals surface area contributed by atoms with Gasteiger partial charge in [-0.05, 0) is 75.0 Å². The molecule has 0 radical (unpaired) electrons. The molecule has 0 amide bonds. The molecule has 136 valence electrons. The highest BCUT2D eigenvalue weighted by Crippen LogP contribution is 2.76. The van der Waals surface area contributed by atoms with Crippen LogP contribution in [0.25, 0.3) is 0 Å². The zero-order valence-electron chi connectivity index (χ0n) is 15.5. The highest BCUT2D eigenvalue weighted by Gasteiger charge is 2.77. The number of hydrogen-bond acceptors (Lipinski definition) is 4. The lowest BCUT2D eigenvalue weighted by Crippen LogP contribution is -2.58. The molecule has 25 heavy (non-hydrogen) atoms. The molecule has 1 spiro atoms. The number of epoxide rings is 1. The van der Waals surface area contributed by atoms with Crippen molar-refractivity contribution in [3.05, 3.63) is 17.5 Å². The van der Waals surface area contributed by atoms with Gasteiger partial charge < -0.3 is 14.4 Å². The first-order valence-electron chi connectivity index (χ1n) is 10.2. The van der Waals surface area contributed by atoms with Crippen molar-refractivity contribution in [2.45, 2.75) is 83.0 Å². The first-order valence-corrected chi connectivity index (χ1v) is 10.2. The van der Waals surface area contributed by atoms with Crippen LogP contribution in [0.1, 0.15) is 76.7 Å². The normalized spacial score (nSPS) is 58.6. The van der Waals surface area contributed by atoms with Gasteiger partial charge in [-0.1, -0.05) is 19.0 Å². The van der Waals surface area contributed by atoms with Gasteiger partial charge in [-0.25, -0.2) is 0 Å². The largest absolute Gasteiger partial charge is 0.390 e. The molecule has 5 aliphatic rings. The minimum Gasteiger partial charge on any atom is -0.390 e. The third-order valence-electron chi connectivity index (χ3n) is 9.80. The lowest BCUT2D eigenvalue weighted by Gasteiger charge is -2.59. The van der Waals surface area contributed by atoms with Crippen molar-refractivity contribution in [3.8, 4) is 0 Å². The van der Waals surface area contributed by atoms with Crippen molar-refractivity contribution in [2.75, 3.05) is 0 Å². The number of ether oxygens (including phenoxy) is 1. The molecule has 1 saturated heterocycles. The molecule has 1 aromatic heterocycles. The molecule has 6 rings (SSSR count). The lowest BCUT2D eigenvalue weighted by atomic mass is 9.44. The maximum absolute atomic E-state index is 11.1. The van der Waals surface area contributed by atoms with Crippen LogP contribution in [0.15, 0.2) is 10.7 Å². The molecule has 2 heterocycles. The maximum atomic E-state index is 11.1. The minimum atomic E-state index is -0.495. The van der Waals surface area contributed by atoms with E-state index in [4.69, 9.17) is 9.26 Å². The smallest absolute Gasteiger partial charge is 0.171 e. The molecule has 0 aromatic carbocycles. The monoisotopic (exact) mass is 343 g/mol. The topological polar surface area (TPSA) is 58.8 Å². The fourth-order valence-corrected chi connectivity index (χ4v) is 8.07. The van der Waals surface area contributed by atoms with E-state index in [9.17, 15) is 5.11 Å². The van der Waals surface area contributed by atoms with Gasteiger partial charge in [0.1, 0.15) is 11.7 Å². The van der Waals surface area contributed by atoms with Gasteiger partial charge in [-0.2, -0.15) is 0 Å². The van der Waals surface area contributed by atoms with E-state index >= 15 is 0 Å². The quantitative estimate of drug-likeness (QED) is 0.723. The summed E-state index contributed by atoms with van der Waals surface area (Å²) >= 11 is 0. The number of aliphatic hydroxyl groups is 1. The van der Waals surface area contributed by atoms with Gasteiger partial charge in [-0.3, -0.25) is 0 Å². The van der Waals surface area contributed by atoms with E-state index in [-0.39, 0.29) is 22.5 Å². The number of fused-ring (bicyclic) bond motifs is 6. The Bertz CT molecular complexity index is 756. The molecule has 4 fully saturated rings. The van der Waals surface area contributed by atoms with Gasteiger partial charge in [0.05, 0.1) is 11.8 Å². The Kier molecular flexibility index (Phi) is 2.54. The van der Waals surface area contributed by atoms with Crippen LogP contribution in [0.5, 0.6) is 0 Å². The summed E-state index contributed by atoms with van der Waals surface area (Å²) in [4.78, 5) is 0. The van der Waals surface area contributed by atoms with Crippen LogP contribution in [0.3, 0.4) is 0 Å². The molecule has 4 nitrogen and oxygen atoms in total. The van der Waals surface area contributed by atoms with Crippen molar-refractivity contribution in [3.63, 3.8) is 0 Å². The predicted octanol–water partition coefficient (Wildman–Crippen LogP) is 4.03. The molecule has 8 atom stereocenters. The molecule has 1 aromatic rings. The van der Waals surface area contributed by atoms with E-state index in [1.54, 1.807) is 0 Å². The van der Waals surface area contributed by atoms with Gasteiger partial charge in [0.25, 0.3) is 0 Å². The van der Waals surface area contributed by atoms with E-state index in [2.05, 4.69) is 25.9 Å². The zero-order valence-corrected chi connectivity index (χ0v) is 15.5. The first kappa shape index (κ1) is 15.2. The molecule has 1 N–H and O–H groups in total. The number of hydrogen-bond donors (Lipinski definition) is 1. The van der Waals surface area contributed by atoms with E-state index < -0.39 is 5.60 Å². The van der Waals surface area contributed by atoms with Gasteiger partial charge in [-0.15, -0.1) is 0 Å². The number of aromatic nitrogens is 1. The van der Waals surface area contributed by atoms with Crippen molar-refractivity contribution >= 4 is 0 Å². The Labute approximate surface area is 149 Å². The van der Waals surface area contributed by atoms with Crippen LogP contribution >= 0.6 is 0 Å². The minimum absolute atomic E-state index is 0.00440. The van der Waals surface area contributed by atoms with Gasteiger partial charge in [0, 0.05) is 11.0 Å². The van der Waals surface area contributed by atoms with Gasteiger partial charge >= 0.3 is 0 Å². The molecule has 4 heteroatoms. The van der Waals surface area contributed by atoms with Gasteiger partial charge in [0.15, 0.2) is 5.76 Å². The molecule has 0 bridgehead atoms. The predicted molar refractivity (Wildman–Crippen MR) is 91.8 cm³/mol. The highest BCUT2D eigenvalue weighted by atomic mass is 16.6. The summed E-state index contributed by atoms with van der Waals surface area (Å²) in [5.74, 6) is 3.09. The van der Waals surface area contributed by atoms with Gasteiger partial charge in [0.2, 0.25) is 0 Å². The van der Waals surface area contributed by atoms with E-state index in [0.717, 1.165) is 37.4 Å². The van der Waals surface area contributed by atoms with Crippen LogP contribution in [0, 0.1) is 28.6 Å². The number of nitrogens with zero attached hydrogens (tertiary/aromatic N) is 1. The van der Waals surface area contributed by atoms with Crippen molar-refractivity contribution in [1.29, 1.82) is 0 Å². The molecule has 3 saturated carbocycles. The standard InChI is InChI=1S/C21H29NO3/c1-18-7-5-15-13(14(18)6-8-20(18,3)23)4-9-21-17(24-21)16-12(11-22-25-16)10-19(15,21)2/h11,13-15,17,23H,4-10H2,1-3H3/t13?,14?,15?,17?,18?,19?,20-,21+/m0/s1. The second-order valence-electron chi connectivity index (χ2n) is 10.4. The molecular formula is C21H29NO3. The Morgan fingerprint density at radius 1 is 1.04 bits per heavy atom. The third-order valence-corrected chi connectivity index (χ3v) is 9.80. The summed E-state index contributed by atoms with van der Waals surface area (Å²) < 4.78 is 11.9. The molecular weight excluding hydrogens is 314 g/mol. The van der Waals surface area contributed by atoms with E-state index in [1.165, 1.54) is 24.8 Å². The number of rotatable bonds is 0. The van der Waals surface area contributed by atoms with Crippen molar-refractivity contribution in [2.24, 2.45) is 28.6 Å². The highest BCUT2D eigenvalue weighted by molar-refractivity contribution is 5.36. The van der Waals surface area contributed by atoms with Crippen LogP contribution in [0.4, 0.5) is 0 Å². The average molecular weight is 343 g/mol. The van der Waals surface area contributed by atoms with Crippen LogP contribution in [-0.2, 0) is 11.2 Å². The summed E-state index contributed by atoms with van der Waals surface area (Å²) in [5, 5.41) is 15.1. The summed E-state index contributed by atoms with van der Waals surface area (Å²) in [6, 6.07) is 0. The zero-order chi connectivity index (χ0) is 17.2. The van der Waals surface area contributed by atoms with Crippen LogP contribution < -0.4 is 0 Å².